The third kappa shape index (κ3) is 6.09. The molecule has 1 N–H and O–H groups in total. The van der Waals surface area contributed by atoms with Crippen LogP contribution < -0.4 is 9.62 Å². The normalized spacial score (nSPS) is 11.4. The van der Waals surface area contributed by atoms with Crippen molar-refractivity contribution in [2.24, 2.45) is 0 Å². The zero-order valence-corrected chi connectivity index (χ0v) is 19.6. The number of carbonyl (C=O) groups is 1. The minimum absolute atomic E-state index is 0.0450. The van der Waals surface area contributed by atoms with Crippen LogP contribution in [-0.2, 0) is 16.6 Å². The van der Waals surface area contributed by atoms with Crippen molar-refractivity contribution in [1.29, 1.82) is 0 Å². The number of sulfonamides is 1. The van der Waals surface area contributed by atoms with Crippen molar-refractivity contribution in [2.75, 3.05) is 31.5 Å². The van der Waals surface area contributed by atoms with Crippen molar-refractivity contribution in [3.63, 3.8) is 0 Å². The summed E-state index contributed by atoms with van der Waals surface area (Å²) in [4.78, 5) is 14.5. The Morgan fingerprint density at radius 2 is 1.62 bits per heavy atom. The lowest BCUT2D eigenvalue weighted by molar-refractivity contribution is 0.0951. The molecule has 0 heterocycles. The van der Waals surface area contributed by atoms with E-state index in [1.807, 2.05) is 49.3 Å². The van der Waals surface area contributed by atoms with Gasteiger partial charge in [-0.2, -0.15) is 0 Å². The molecule has 3 rings (SSSR count). The highest BCUT2D eigenvalue weighted by molar-refractivity contribution is 7.92. The number of hydrogen-bond acceptors (Lipinski definition) is 4. The van der Waals surface area contributed by atoms with Crippen LogP contribution in [-0.4, -0.2) is 46.4 Å². The molecule has 0 radical (unpaired) electrons. The molecule has 0 saturated carbocycles. The molecule has 0 atom stereocenters. The van der Waals surface area contributed by atoms with Gasteiger partial charge in [-0.05, 0) is 62.1 Å². The molecule has 6 nitrogen and oxygen atoms in total. The maximum atomic E-state index is 13.7. The third-order valence-electron chi connectivity index (χ3n) is 4.81. The van der Waals surface area contributed by atoms with E-state index in [4.69, 9.17) is 11.6 Å². The van der Waals surface area contributed by atoms with Gasteiger partial charge >= 0.3 is 0 Å². The van der Waals surface area contributed by atoms with Crippen LogP contribution in [0.4, 0.5) is 5.69 Å². The SMILES string of the molecule is CN(C)CCNC(=O)c1cccc(S(=O)(=O)N(Cc2ccccc2)c2ccc(Cl)cc2)c1. The summed E-state index contributed by atoms with van der Waals surface area (Å²) in [6.07, 6.45) is 0. The lowest BCUT2D eigenvalue weighted by atomic mass is 10.2. The third-order valence-corrected chi connectivity index (χ3v) is 6.83. The predicted molar refractivity (Wildman–Crippen MR) is 129 cm³/mol. The van der Waals surface area contributed by atoms with Gasteiger partial charge in [0.25, 0.3) is 15.9 Å². The maximum Gasteiger partial charge on any atom is 0.264 e. The van der Waals surface area contributed by atoms with Crippen molar-refractivity contribution in [1.82, 2.24) is 10.2 Å². The predicted octanol–water partition coefficient (Wildman–Crippen LogP) is 4.03. The van der Waals surface area contributed by atoms with E-state index in [-0.39, 0.29) is 17.3 Å². The molecule has 168 valence electrons. The largest absolute Gasteiger partial charge is 0.351 e. The van der Waals surface area contributed by atoms with Crippen LogP contribution in [0.3, 0.4) is 0 Å². The highest BCUT2D eigenvalue weighted by Gasteiger charge is 2.26. The van der Waals surface area contributed by atoms with Crippen LogP contribution in [0.5, 0.6) is 0 Å². The average molecular weight is 472 g/mol. The summed E-state index contributed by atoms with van der Waals surface area (Å²) in [5.41, 5.74) is 1.61. The van der Waals surface area contributed by atoms with E-state index >= 15 is 0 Å². The van der Waals surface area contributed by atoms with Crippen LogP contribution in [0.15, 0.2) is 83.8 Å². The van der Waals surface area contributed by atoms with E-state index < -0.39 is 10.0 Å². The molecular formula is C24H26ClN3O3S. The van der Waals surface area contributed by atoms with Crippen LogP contribution in [0, 0.1) is 0 Å². The fourth-order valence-electron chi connectivity index (χ4n) is 3.09. The van der Waals surface area contributed by atoms with E-state index in [0.717, 1.165) is 5.56 Å². The van der Waals surface area contributed by atoms with Crippen molar-refractivity contribution >= 4 is 33.2 Å². The van der Waals surface area contributed by atoms with Gasteiger partial charge in [0.05, 0.1) is 17.1 Å². The van der Waals surface area contributed by atoms with Crippen molar-refractivity contribution in [3.8, 4) is 0 Å². The molecule has 0 spiro atoms. The molecule has 3 aromatic carbocycles. The molecule has 0 aliphatic carbocycles. The Morgan fingerprint density at radius 1 is 0.938 bits per heavy atom. The van der Waals surface area contributed by atoms with Gasteiger partial charge in [-0.3, -0.25) is 9.10 Å². The Balaban J connectivity index is 1.94. The number of nitrogens with zero attached hydrogens (tertiary/aromatic N) is 2. The zero-order valence-electron chi connectivity index (χ0n) is 18.0. The maximum absolute atomic E-state index is 13.7. The Hall–Kier alpha value is -2.87. The van der Waals surface area contributed by atoms with E-state index in [1.165, 1.54) is 16.4 Å². The summed E-state index contributed by atoms with van der Waals surface area (Å²) >= 11 is 6.01. The molecule has 0 bridgehead atoms. The molecule has 8 heteroatoms. The van der Waals surface area contributed by atoms with E-state index in [1.54, 1.807) is 36.4 Å². The second-order valence-corrected chi connectivity index (χ2v) is 9.86. The van der Waals surface area contributed by atoms with Gasteiger partial charge in [0, 0.05) is 23.7 Å². The molecule has 32 heavy (non-hydrogen) atoms. The molecule has 3 aromatic rings. The first kappa shape index (κ1) is 23.8. The fraction of sp³-hybridized carbons (Fsp3) is 0.208. The summed E-state index contributed by atoms with van der Waals surface area (Å²) < 4.78 is 28.6. The number of halogens is 1. The van der Waals surface area contributed by atoms with Crippen molar-refractivity contribution in [3.05, 3.63) is 95.0 Å². The number of rotatable bonds is 9. The molecule has 1 amide bonds. The molecule has 0 aliphatic rings. The smallest absolute Gasteiger partial charge is 0.264 e. The van der Waals surface area contributed by atoms with Crippen LogP contribution in [0.1, 0.15) is 15.9 Å². The van der Waals surface area contributed by atoms with Gasteiger partial charge in [0.2, 0.25) is 0 Å². The van der Waals surface area contributed by atoms with Gasteiger partial charge in [0.1, 0.15) is 0 Å². The lowest BCUT2D eigenvalue weighted by Crippen LogP contribution is -2.32. The average Bonchev–Trinajstić information content (AvgIpc) is 2.78. The fourth-order valence-corrected chi connectivity index (χ4v) is 4.72. The molecule has 0 unspecified atom stereocenters. The monoisotopic (exact) mass is 471 g/mol. The summed E-state index contributed by atoms with van der Waals surface area (Å²) in [5, 5.41) is 3.33. The first-order chi connectivity index (χ1) is 15.3. The second kappa shape index (κ2) is 10.6. The van der Waals surface area contributed by atoms with Crippen LogP contribution in [0.25, 0.3) is 0 Å². The molecular weight excluding hydrogens is 446 g/mol. The standard InChI is InChI=1S/C24H26ClN3O3S/c1-27(2)16-15-26-24(29)20-9-6-10-23(17-20)32(30,31)28(18-19-7-4-3-5-8-19)22-13-11-21(25)12-14-22/h3-14,17H,15-16,18H2,1-2H3,(H,26,29). The first-order valence-electron chi connectivity index (χ1n) is 10.1. The number of nitrogens with one attached hydrogen (secondary N) is 1. The lowest BCUT2D eigenvalue weighted by Gasteiger charge is -2.25. The highest BCUT2D eigenvalue weighted by atomic mass is 35.5. The van der Waals surface area contributed by atoms with Crippen molar-refractivity contribution in [2.45, 2.75) is 11.4 Å². The number of benzene rings is 3. The van der Waals surface area contributed by atoms with Crippen LogP contribution >= 0.6 is 11.6 Å². The molecule has 0 saturated heterocycles. The topological polar surface area (TPSA) is 69.7 Å². The summed E-state index contributed by atoms with van der Waals surface area (Å²) in [6.45, 7) is 1.29. The Kier molecular flexibility index (Phi) is 7.90. The Bertz CT molecular complexity index is 1150. The summed E-state index contributed by atoms with van der Waals surface area (Å²) in [6, 6.07) is 22.1. The molecule has 0 fully saturated rings. The Morgan fingerprint density at radius 3 is 2.28 bits per heavy atom. The number of hydrogen-bond donors (Lipinski definition) is 1. The number of carbonyl (C=O) groups excluding carboxylic acids is 1. The zero-order chi connectivity index (χ0) is 23.1. The van der Waals surface area contributed by atoms with Crippen LogP contribution in [0.2, 0.25) is 5.02 Å². The minimum Gasteiger partial charge on any atom is -0.351 e. The van der Waals surface area contributed by atoms with Gasteiger partial charge in [-0.1, -0.05) is 48.0 Å². The van der Waals surface area contributed by atoms with Gasteiger partial charge in [-0.15, -0.1) is 0 Å². The number of likely N-dealkylation sites (N-methyl/N-ethyl adjacent to an activating group) is 1. The number of amides is 1. The van der Waals surface area contributed by atoms with E-state index in [9.17, 15) is 13.2 Å². The van der Waals surface area contributed by atoms with Crippen molar-refractivity contribution < 1.29 is 13.2 Å². The Labute approximate surface area is 194 Å². The molecule has 0 aromatic heterocycles. The van der Waals surface area contributed by atoms with Gasteiger partial charge in [-0.25, -0.2) is 8.42 Å². The number of anilines is 1. The highest BCUT2D eigenvalue weighted by Crippen LogP contribution is 2.27. The van der Waals surface area contributed by atoms with E-state index in [2.05, 4.69) is 5.32 Å². The molecule has 0 aliphatic heterocycles. The quantitative estimate of drug-likeness (QED) is 0.511. The first-order valence-corrected chi connectivity index (χ1v) is 11.9. The van der Waals surface area contributed by atoms with Gasteiger partial charge < -0.3 is 10.2 Å². The summed E-state index contributed by atoms with van der Waals surface area (Å²) in [7, 11) is -0.125. The van der Waals surface area contributed by atoms with E-state index in [0.29, 0.717) is 29.4 Å². The summed E-state index contributed by atoms with van der Waals surface area (Å²) in [5.74, 6) is -0.315. The second-order valence-electron chi connectivity index (χ2n) is 7.56. The minimum atomic E-state index is -3.95. The van der Waals surface area contributed by atoms with Gasteiger partial charge in [0.15, 0.2) is 0 Å².